The van der Waals surface area contributed by atoms with Gasteiger partial charge in [-0.3, -0.25) is 14.7 Å². The van der Waals surface area contributed by atoms with Crippen LogP contribution in [0.4, 0.5) is 0 Å². The fourth-order valence-electron chi connectivity index (χ4n) is 1.12. The van der Waals surface area contributed by atoms with Gasteiger partial charge in [0.25, 0.3) is 5.91 Å². The molecule has 0 spiro atoms. The molecule has 1 unspecified atom stereocenters. The quantitative estimate of drug-likeness (QED) is 0.694. The second-order valence-corrected chi connectivity index (χ2v) is 3.77. The monoisotopic (exact) mass is 225 g/mol. The molecule has 6 nitrogen and oxygen atoms in total. The zero-order chi connectivity index (χ0) is 12.3. The van der Waals surface area contributed by atoms with E-state index < -0.39 is 11.9 Å². The predicted molar refractivity (Wildman–Crippen MR) is 57.2 cm³/mol. The molecule has 0 aliphatic rings. The first-order valence-corrected chi connectivity index (χ1v) is 4.96. The van der Waals surface area contributed by atoms with Crippen molar-refractivity contribution in [3.8, 4) is 0 Å². The molecular weight excluding hydrogens is 210 g/mol. The lowest BCUT2D eigenvalue weighted by atomic mass is 10.1. The third-order valence-electron chi connectivity index (χ3n) is 2.46. The maximum Gasteiger partial charge on any atom is 0.308 e. The predicted octanol–water partition coefficient (Wildman–Crippen LogP) is 0.477. The summed E-state index contributed by atoms with van der Waals surface area (Å²) in [5.74, 6) is -1.89. The highest BCUT2D eigenvalue weighted by Crippen LogP contribution is 2.07. The molecule has 1 amide bonds. The highest BCUT2D eigenvalue weighted by Gasteiger charge is 2.17. The van der Waals surface area contributed by atoms with E-state index in [1.165, 1.54) is 6.92 Å². The first-order valence-electron chi connectivity index (χ1n) is 4.96. The van der Waals surface area contributed by atoms with Crippen LogP contribution in [0, 0.1) is 19.8 Å². The minimum absolute atomic E-state index is 0.0967. The number of aliphatic carboxylic acids is 1. The number of hydrogen-bond donors (Lipinski definition) is 3. The van der Waals surface area contributed by atoms with E-state index in [-0.39, 0.29) is 12.5 Å². The standard InChI is InChI=1S/C10H15N3O3/c1-5(10(15)16)4-11-9(14)8-6(2)7(3)12-13-8/h5H,4H2,1-3H3,(H,11,14)(H,12,13)(H,15,16). The summed E-state index contributed by atoms with van der Waals surface area (Å²) in [5, 5.41) is 17.7. The van der Waals surface area contributed by atoms with Gasteiger partial charge in [0.15, 0.2) is 5.69 Å². The number of hydrogen-bond acceptors (Lipinski definition) is 3. The van der Waals surface area contributed by atoms with Crippen LogP contribution in [0.3, 0.4) is 0 Å². The molecule has 1 atom stereocenters. The number of carbonyl (C=O) groups is 2. The van der Waals surface area contributed by atoms with Crippen molar-refractivity contribution in [3.63, 3.8) is 0 Å². The Morgan fingerprint density at radius 1 is 1.50 bits per heavy atom. The van der Waals surface area contributed by atoms with Crippen LogP contribution in [0.1, 0.15) is 28.7 Å². The minimum Gasteiger partial charge on any atom is -0.481 e. The Balaban J connectivity index is 2.60. The van der Waals surface area contributed by atoms with Crippen LogP contribution in [-0.4, -0.2) is 33.7 Å². The molecule has 1 heterocycles. The van der Waals surface area contributed by atoms with Crippen LogP contribution < -0.4 is 5.32 Å². The molecule has 1 aromatic heterocycles. The van der Waals surface area contributed by atoms with E-state index in [2.05, 4.69) is 15.5 Å². The number of aromatic nitrogens is 2. The molecule has 1 rings (SSSR count). The van der Waals surface area contributed by atoms with Crippen molar-refractivity contribution in [1.29, 1.82) is 0 Å². The van der Waals surface area contributed by atoms with Crippen LogP contribution in [0.5, 0.6) is 0 Å². The third kappa shape index (κ3) is 2.59. The Morgan fingerprint density at radius 3 is 2.56 bits per heavy atom. The Labute approximate surface area is 93.1 Å². The van der Waals surface area contributed by atoms with E-state index in [0.717, 1.165) is 11.3 Å². The summed E-state index contributed by atoms with van der Waals surface area (Å²) in [6, 6.07) is 0. The summed E-state index contributed by atoms with van der Waals surface area (Å²) >= 11 is 0. The molecule has 0 aromatic carbocycles. The Bertz CT molecular complexity index is 411. The Hall–Kier alpha value is -1.85. The number of nitrogens with one attached hydrogen (secondary N) is 2. The smallest absolute Gasteiger partial charge is 0.308 e. The van der Waals surface area contributed by atoms with Gasteiger partial charge < -0.3 is 10.4 Å². The van der Waals surface area contributed by atoms with Crippen molar-refractivity contribution in [2.75, 3.05) is 6.54 Å². The summed E-state index contributed by atoms with van der Waals surface area (Å²) in [7, 11) is 0. The highest BCUT2D eigenvalue weighted by atomic mass is 16.4. The topological polar surface area (TPSA) is 95.1 Å². The maximum absolute atomic E-state index is 11.6. The SMILES string of the molecule is Cc1[nH]nc(C(=O)NCC(C)C(=O)O)c1C. The summed E-state index contributed by atoms with van der Waals surface area (Å²) < 4.78 is 0. The number of amides is 1. The van der Waals surface area contributed by atoms with Gasteiger partial charge in [0.2, 0.25) is 0 Å². The van der Waals surface area contributed by atoms with Crippen molar-refractivity contribution >= 4 is 11.9 Å². The largest absolute Gasteiger partial charge is 0.481 e. The Kier molecular flexibility index (Phi) is 3.65. The molecule has 0 radical (unpaired) electrons. The van der Waals surface area contributed by atoms with E-state index in [9.17, 15) is 9.59 Å². The molecule has 16 heavy (non-hydrogen) atoms. The van der Waals surface area contributed by atoms with Gasteiger partial charge >= 0.3 is 5.97 Å². The average molecular weight is 225 g/mol. The second-order valence-electron chi connectivity index (χ2n) is 3.77. The molecule has 88 valence electrons. The fraction of sp³-hybridized carbons (Fsp3) is 0.500. The van der Waals surface area contributed by atoms with Crippen molar-refractivity contribution in [1.82, 2.24) is 15.5 Å². The third-order valence-corrected chi connectivity index (χ3v) is 2.46. The van der Waals surface area contributed by atoms with Gasteiger partial charge in [-0.1, -0.05) is 6.92 Å². The number of carboxylic acids is 1. The molecule has 1 aromatic rings. The Morgan fingerprint density at radius 2 is 2.12 bits per heavy atom. The van der Waals surface area contributed by atoms with Gasteiger partial charge in [0.1, 0.15) is 0 Å². The van der Waals surface area contributed by atoms with E-state index in [4.69, 9.17) is 5.11 Å². The van der Waals surface area contributed by atoms with Crippen molar-refractivity contribution < 1.29 is 14.7 Å². The van der Waals surface area contributed by atoms with Crippen LogP contribution in [0.15, 0.2) is 0 Å². The van der Waals surface area contributed by atoms with Crippen molar-refractivity contribution in [2.45, 2.75) is 20.8 Å². The number of rotatable bonds is 4. The van der Waals surface area contributed by atoms with Crippen LogP contribution >= 0.6 is 0 Å². The maximum atomic E-state index is 11.6. The number of aromatic amines is 1. The molecule has 0 saturated heterocycles. The van der Waals surface area contributed by atoms with E-state index in [0.29, 0.717) is 5.69 Å². The van der Waals surface area contributed by atoms with Crippen LogP contribution in [-0.2, 0) is 4.79 Å². The minimum atomic E-state index is -0.935. The first-order chi connectivity index (χ1) is 7.43. The summed E-state index contributed by atoms with van der Waals surface area (Å²) in [5.41, 5.74) is 1.92. The second kappa shape index (κ2) is 4.78. The van der Waals surface area contributed by atoms with Gasteiger partial charge in [0.05, 0.1) is 5.92 Å². The van der Waals surface area contributed by atoms with Gasteiger partial charge in [-0.15, -0.1) is 0 Å². The molecule has 0 bridgehead atoms. The van der Waals surface area contributed by atoms with Gasteiger partial charge in [-0.2, -0.15) is 5.10 Å². The lowest BCUT2D eigenvalue weighted by molar-refractivity contribution is -0.140. The van der Waals surface area contributed by atoms with Crippen LogP contribution in [0.2, 0.25) is 0 Å². The summed E-state index contributed by atoms with van der Waals surface area (Å²) in [6.45, 7) is 5.23. The number of nitrogens with zero attached hydrogens (tertiary/aromatic N) is 1. The lowest BCUT2D eigenvalue weighted by Gasteiger charge is -2.07. The molecular formula is C10H15N3O3. The average Bonchev–Trinajstić information content (AvgIpc) is 2.55. The number of carbonyl (C=O) groups excluding carboxylic acids is 1. The molecule has 0 saturated carbocycles. The number of aryl methyl sites for hydroxylation is 1. The highest BCUT2D eigenvalue weighted by molar-refractivity contribution is 5.94. The fourth-order valence-corrected chi connectivity index (χ4v) is 1.12. The van der Waals surface area contributed by atoms with Gasteiger partial charge in [-0.05, 0) is 13.8 Å². The molecule has 6 heteroatoms. The molecule has 0 aliphatic carbocycles. The van der Waals surface area contributed by atoms with E-state index in [1.54, 1.807) is 6.92 Å². The molecule has 3 N–H and O–H groups in total. The number of carboxylic acid groups (broad SMARTS) is 1. The van der Waals surface area contributed by atoms with Gasteiger partial charge in [0, 0.05) is 17.8 Å². The summed E-state index contributed by atoms with van der Waals surface area (Å²) in [4.78, 5) is 22.2. The summed E-state index contributed by atoms with van der Waals surface area (Å²) in [6.07, 6.45) is 0. The number of H-pyrrole nitrogens is 1. The lowest BCUT2D eigenvalue weighted by Crippen LogP contribution is -2.32. The molecule has 0 fully saturated rings. The zero-order valence-electron chi connectivity index (χ0n) is 9.50. The molecule has 0 aliphatic heterocycles. The van der Waals surface area contributed by atoms with E-state index in [1.807, 2.05) is 6.92 Å². The van der Waals surface area contributed by atoms with Crippen LogP contribution in [0.25, 0.3) is 0 Å². The zero-order valence-corrected chi connectivity index (χ0v) is 9.50. The normalized spacial score (nSPS) is 12.2. The van der Waals surface area contributed by atoms with Gasteiger partial charge in [-0.25, -0.2) is 0 Å². The van der Waals surface area contributed by atoms with Crippen molar-refractivity contribution in [2.24, 2.45) is 5.92 Å². The van der Waals surface area contributed by atoms with Crippen molar-refractivity contribution in [3.05, 3.63) is 17.0 Å². The van der Waals surface area contributed by atoms with E-state index >= 15 is 0 Å². The first kappa shape index (κ1) is 12.2.